The van der Waals surface area contributed by atoms with Crippen LogP contribution in [0, 0.1) is 0 Å². The Labute approximate surface area is 132 Å². The van der Waals surface area contributed by atoms with Gasteiger partial charge in [-0.1, -0.05) is 23.7 Å². The zero-order valence-electron chi connectivity index (χ0n) is 11.8. The first-order valence-electron chi connectivity index (χ1n) is 6.47. The van der Waals surface area contributed by atoms with E-state index in [1.54, 1.807) is 43.3 Å². The van der Waals surface area contributed by atoms with E-state index in [2.05, 4.69) is 15.8 Å². The van der Waals surface area contributed by atoms with E-state index >= 15 is 0 Å². The van der Waals surface area contributed by atoms with Crippen molar-refractivity contribution in [2.45, 2.75) is 6.92 Å². The van der Waals surface area contributed by atoms with E-state index in [1.165, 1.54) is 6.26 Å². The lowest BCUT2D eigenvalue weighted by Gasteiger charge is -2.06. The van der Waals surface area contributed by atoms with Gasteiger partial charge in [0.25, 0.3) is 11.8 Å². The summed E-state index contributed by atoms with van der Waals surface area (Å²) in [6.07, 6.45) is 1.51. The Kier molecular flexibility index (Phi) is 5.32. The minimum Gasteiger partial charge on any atom is -0.463 e. The van der Waals surface area contributed by atoms with Gasteiger partial charge in [-0.2, -0.15) is 5.10 Å². The molecule has 1 aromatic heterocycles. The number of benzene rings is 1. The Hall–Kier alpha value is -2.60. The van der Waals surface area contributed by atoms with Crippen LogP contribution in [-0.2, 0) is 4.79 Å². The molecule has 0 radical (unpaired) electrons. The number of nitrogens with zero attached hydrogens (tertiary/aromatic N) is 1. The molecule has 1 aromatic carbocycles. The topological polar surface area (TPSA) is 83.7 Å². The summed E-state index contributed by atoms with van der Waals surface area (Å²) in [4.78, 5) is 23.5. The van der Waals surface area contributed by atoms with Crippen molar-refractivity contribution < 1.29 is 14.0 Å². The highest BCUT2D eigenvalue weighted by Crippen LogP contribution is 2.14. The van der Waals surface area contributed by atoms with Crippen molar-refractivity contribution in [1.29, 1.82) is 0 Å². The van der Waals surface area contributed by atoms with E-state index in [9.17, 15) is 9.59 Å². The van der Waals surface area contributed by atoms with Crippen molar-refractivity contribution in [3.05, 3.63) is 59.0 Å². The summed E-state index contributed by atoms with van der Waals surface area (Å²) in [7, 11) is 0. The van der Waals surface area contributed by atoms with Gasteiger partial charge in [-0.3, -0.25) is 9.59 Å². The smallest absolute Gasteiger partial charge is 0.259 e. The van der Waals surface area contributed by atoms with E-state index in [-0.39, 0.29) is 6.54 Å². The summed E-state index contributed by atoms with van der Waals surface area (Å²) in [5.41, 5.74) is 3.17. The molecule has 0 saturated carbocycles. The SMILES string of the molecule is C/C(=N/NC(=O)CNC(=O)c1ccccc1Cl)c1ccco1. The predicted molar refractivity (Wildman–Crippen MR) is 82.8 cm³/mol. The van der Waals surface area contributed by atoms with Crippen LogP contribution in [0.15, 0.2) is 52.2 Å². The largest absolute Gasteiger partial charge is 0.463 e. The van der Waals surface area contributed by atoms with E-state index in [1.807, 2.05) is 0 Å². The third kappa shape index (κ3) is 4.20. The summed E-state index contributed by atoms with van der Waals surface area (Å²) >= 11 is 5.90. The monoisotopic (exact) mass is 319 g/mol. The molecule has 2 N–H and O–H groups in total. The first-order chi connectivity index (χ1) is 10.6. The molecule has 6 nitrogen and oxygen atoms in total. The molecule has 0 aliphatic heterocycles. The second-order valence-corrected chi connectivity index (χ2v) is 4.78. The molecule has 1 heterocycles. The lowest BCUT2D eigenvalue weighted by Crippen LogP contribution is -2.35. The highest BCUT2D eigenvalue weighted by atomic mass is 35.5. The molecule has 0 unspecified atom stereocenters. The van der Waals surface area contributed by atoms with Crippen LogP contribution in [0.1, 0.15) is 23.0 Å². The number of carbonyl (C=O) groups is 2. The Balaban J connectivity index is 1.84. The van der Waals surface area contributed by atoms with Crippen molar-refractivity contribution in [2.24, 2.45) is 5.10 Å². The number of carbonyl (C=O) groups excluding carboxylic acids is 2. The highest BCUT2D eigenvalue weighted by Gasteiger charge is 2.10. The highest BCUT2D eigenvalue weighted by molar-refractivity contribution is 6.33. The third-order valence-electron chi connectivity index (χ3n) is 2.75. The van der Waals surface area contributed by atoms with E-state index in [0.717, 1.165) is 0 Å². The van der Waals surface area contributed by atoms with Gasteiger partial charge >= 0.3 is 0 Å². The first kappa shape index (κ1) is 15.8. The molecule has 0 bridgehead atoms. The minimum atomic E-state index is -0.452. The fraction of sp³-hybridized carbons (Fsp3) is 0.133. The molecule has 0 aliphatic rings. The zero-order valence-corrected chi connectivity index (χ0v) is 12.6. The Morgan fingerprint density at radius 2 is 2.00 bits per heavy atom. The lowest BCUT2D eigenvalue weighted by atomic mass is 10.2. The van der Waals surface area contributed by atoms with E-state index in [4.69, 9.17) is 16.0 Å². The van der Waals surface area contributed by atoms with Gasteiger partial charge in [-0.25, -0.2) is 5.43 Å². The molecule has 2 rings (SSSR count). The second-order valence-electron chi connectivity index (χ2n) is 4.37. The quantitative estimate of drug-likeness (QED) is 0.654. The summed E-state index contributed by atoms with van der Waals surface area (Å²) in [5, 5.41) is 6.68. The third-order valence-corrected chi connectivity index (χ3v) is 3.08. The summed E-state index contributed by atoms with van der Waals surface area (Å²) < 4.78 is 5.13. The normalized spacial score (nSPS) is 11.1. The van der Waals surface area contributed by atoms with E-state index in [0.29, 0.717) is 22.1 Å². The van der Waals surface area contributed by atoms with Gasteiger partial charge < -0.3 is 9.73 Å². The number of amides is 2. The van der Waals surface area contributed by atoms with Crippen LogP contribution in [0.5, 0.6) is 0 Å². The van der Waals surface area contributed by atoms with Gasteiger partial charge in [-0.05, 0) is 31.2 Å². The van der Waals surface area contributed by atoms with Crippen LogP contribution < -0.4 is 10.7 Å². The minimum absolute atomic E-state index is 0.209. The molecule has 22 heavy (non-hydrogen) atoms. The summed E-state index contributed by atoms with van der Waals surface area (Å²) in [6, 6.07) is 10.0. The van der Waals surface area contributed by atoms with Gasteiger partial charge in [-0.15, -0.1) is 0 Å². The van der Waals surface area contributed by atoms with Gasteiger partial charge in [0.15, 0.2) is 0 Å². The Morgan fingerprint density at radius 3 is 2.68 bits per heavy atom. The molecule has 0 spiro atoms. The molecule has 114 valence electrons. The number of hydrogen-bond donors (Lipinski definition) is 2. The number of hydrogen-bond acceptors (Lipinski definition) is 4. The fourth-order valence-corrected chi connectivity index (χ4v) is 1.85. The fourth-order valence-electron chi connectivity index (χ4n) is 1.63. The van der Waals surface area contributed by atoms with Gasteiger partial charge in [0.1, 0.15) is 11.5 Å². The lowest BCUT2D eigenvalue weighted by molar-refractivity contribution is -0.120. The van der Waals surface area contributed by atoms with Crippen LogP contribution in [0.3, 0.4) is 0 Å². The molecule has 0 aliphatic carbocycles. The maximum Gasteiger partial charge on any atom is 0.259 e. The molecule has 0 saturated heterocycles. The predicted octanol–water partition coefficient (Wildman–Crippen LogP) is 2.20. The van der Waals surface area contributed by atoms with Crippen LogP contribution >= 0.6 is 11.6 Å². The van der Waals surface area contributed by atoms with Crippen molar-refractivity contribution in [3.63, 3.8) is 0 Å². The van der Waals surface area contributed by atoms with Gasteiger partial charge in [0.05, 0.1) is 23.4 Å². The van der Waals surface area contributed by atoms with Crippen molar-refractivity contribution in [2.75, 3.05) is 6.54 Å². The van der Waals surface area contributed by atoms with Crippen LogP contribution in [0.2, 0.25) is 5.02 Å². The molecular formula is C15H14ClN3O3. The number of hydrazone groups is 1. The Morgan fingerprint density at radius 1 is 1.23 bits per heavy atom. The van der Waals surface area contributed by atoms with E-state index < -0.39 is 11.8 Å². The molecule has 7 heteroatoms. The maximum absolute atomic E-state index is 11.9. The average Bonchev–Trinajstić information content (AvgIpc) is 3.05. The molecule has 0 fully saturated rings. The molecule has 0 atom stereocenters. The number of furan rings is 1. The second kappa shape index (κ2) is 7.42. The number of rotatable bonds is 5. The first-order valence-corrected chi connectivity index (χ1v) is 6.85. The zero-order chi connectivity index (χ0) is 15.9. The average molecular weight is 320 g/mol. The number of nitrogens with one attached hydrogen (secondary N) is 2. The number of halogens is 1. The standard InChI is InChI=1S/C15H14ClN3O3/c1-10(13-7-4-8-22-13)18-19-14(20)9-17-15(21)11-5-2-3-6-12(11)16/h2-8H,9H2,1H3,(H,17,21)(H,19,20)/b18-10-. The van der Waals surface area contributed by atoms with Crippen molar-refractivity contribution >= 4 is 29.1 Å². The van der Waals surface area contributed by atoms with Gasteiger partial charge in [0.2, 0.25) is 0 Å². The van der Waals surface area contributed by atoms with Gasteiger partial charge in [0, 0.05) is 0 Å². The van der Waals surface area contributed by atoms with Crippen molar-refractivity contribution in [3.8, 4) is 0 Å². The van der Waals surface area contributed by atoms with Crippen LogP contribution in [0.4, 0.5) is 0 Å². The van der Waals surface area contributed by atoms with Crippen molar-refractivity contribution in [1.82, 2.24) is 10.7 Å². The van der Waals surface area contributed by atoms with Crippen LogP contribution in [-0.4, -0.2) is 24.1 Å². The maximum atomic E-state index is 11.9. The summed E-state index contributed by atoms with van der Waals surface area (Å²) in [6.45, 7) is 1.49. The summed E-state index contributed by atoms with van der Waals surface area (Å²) in [5.74, 6) is -0.320. The Bertz CT molecular complexity index is 696. The van der Waals surface area contributed by atoms with Crippen LogP contribution in [0.25, 0.3) is 0 Å². The molecule has 2 aromatic rings. The molecular weight excluding hydrogens is 306 g/mol. The molecule has 2 amide bonds.